The summed E-state index contributed by atoms with van der Waals surface area (Å²) in [5.74, 6) is 0. The van der Waals surface area contributed by atoms with Crippen molar-refractivity contribution in [2.75, 3.05) is 53.9 Å². The summed E-state index contributed by atoms with van der Waals surface area (Å²) >= 11 is 0. The van der Waals surface area contributed by atoms with E-state index in [2.05, 4.69) is 49.7 Å². The molecular formula is C15H34N4. The Balaban J connectivity index is 2.47. The van der Waals surface area contributed by atoms with Crippen molar-refractivity contribution in [1.29, 1.82) is 0 Å². The standard InChI is InChI=1S/C15H34N4/c1-14(2)19-11-7-15(13-16,8-12-19)18(5)10-6-9-17(3)4/h14H,6-13,16H2,1-5H3. The van der Waals surface area contributed by atoms with Gasteiger partial charge in [0.2, 0.25) is 0 Å². The van der Waals surface area contributed by atoms with Crippen molar-refractivity contribution in [2.24, 2.45) is 5.73 Å². The number of likely N-dealkylation sites (N-methyl/N-ethyl adjacent to an activating group) is 1. The lowest BCUT2D eigenvalue weighted by Gasteiger charge is -2.48. The van der Waals surface area contributed by atoms with Crippen molar-refractivity contribution in [2.45, 2.75) is 44.7 Å². The second kappa shape index (κ2) is 7.58. The zero-order valence-corrected chi connectivity index (χ0v) is 13.7. The minimum absolute atomic E-state index is 0.234. The van der Waals surface area contributed by atoms with Crippen LogP contribution in [0.1, 0.15) is 33.1 Å². The molecule has 1 rings (SSSR count). The third-order valence-electron chi connectivity index (χ3n) is 4.75. The van der Waals surface area contributed by atoms with Gasteiger partial charge in [-0.1, -0.05) is 0 Å². The molecule has 0 aromatic carbocycles. The van der Waals surface area contributed by atoms with Gasteiger partial charge in [0, 0.05) is 31.2 Å². The Morgan fingerprint density at radius 2 is 1.68 bits per heavy atom. The van der Waals surface area contributed by atoms with Gasteiger partial charge in [-0.15, -0.1) is 0 Å². The molecule has 0 aromatic heterocycles. The second-order valence-electron chi connectivity index (χ2n) is 6.64. The first kappa shape index (κ1) is 16.9. The lowest BCUT2D eigenvalue weighted by atomic mass is 9.85. The zero-order chi connectivity index (χ0) is 14.5. The van der Waals surface area contributed by atoms with Crippen LogP contribution in [0.25, 0.3) is 0 Å². The van der Waals surface area contributed by atoms with Crippen LogP contribution in [0.3, 0.4) is 0 Å². The molecule has 1 fully saturated rings. The van der Waals surface area contributed by atoms with Crippen LogP contribution in [-0.4, -0.2) is 80.1 Å². The Kier molecular flexibility index (Phi) is 6.74. The van der Waals surface area contributed by atoms with E-state index in [-0.39, 0.29) is 5.54 Å². The molecule has 0 radical (unpaired) electrons. The lowest BCUT2D eigenvalue weighted by molar-refractivity contribution is 0.0330. The van der Waals surface area contributed by atoms with Crippen LogP contribution in [0.5, 0.6) is 0 Å². The molecule has 114 valence electrons. The Morgan fingerprint density at radius 1 is 1.11 bits per heavy atom. The zero-order valence-electron chi connectivity index (χ0n) is 13.7. The molecule has 0 atom stereocenters. The summed E-state index contributed by atoms with van der Waals surface area (Å²) in [4.78, 5) is 7.35. The molecule has 1 aliphatic rings. The van der Waals surface area contributed by atoms with Gasteiger partial charge in [0.05, 0.1) is 0 Å². The molecule has 0 aromatic rings. The van der Waals surface area contributed by atoms with Gasteiger partial charge in [0.1, 0.15) is 0 Å². The van der Waals surface area contributed by atoms with Crippen molar-refractivity contribution in [3.63, 3.8) is 0 Å². The van der Waals surface area contributed by atoms with Crippen molar-refractivity contribution < 1.29 is 0 Å². The van der Waals surface area contributed by atoms with E-state index in [1.54, 1.807) is 0 Å². The molecule has 0 bridgehead atoms. The molecule has 0 saturated carbocycles. The molecule has 1 saturated heterocycles. The van der Waals surface area contributed by atoms with Gasteiger partial charge >= 0.3 is 0 Å². The lowest BCUT2D eigenvalue weighted by Crippen LogP contribution is -2.59. The van der Waals surface area contributed by atoms with Gasteiger partial charge < -0.3 is 15.5 Å². The molecule has 1 aliphatic heterocycles. The number of hydrogen-bond acceptors (Lipinski definition) is 4. The van der Waals surface area contributed by atoms with E-state index in [1.165, 1.54) is 32.4 Å². The average Bonchev–Trinajstić information content (AvgIpc) is 2.38. The molecular weight excluding hydrogens is 236 g/mol. The van der Waals surface area contributed by atoms with Gasteiger partial charge in [0.25, 0.3) is 0 Å². The fraction of sp³-hybridized carbons (Fsp3) is 1.00. The van der Waals surface area contributed by atoms with Crippen LogP contribution in [0.2, 0.25) is 0 Å². The Bertz CT molecular complexity index is 245. The van der Waals surface area contributed by atoms with Crippen molar-refractivity contribution >= 4 is 0 Å². The predicted molar refractivity (Wildman–Crippen MR) is 83.5 cm³/mol. The van der Waals surface area contributed by atoms with Gasteiger partial charge in [-0.25, -0.2) is 0 Å². The summed E-state index contributed by atoms with van der Waals surface area (Å²) in [7, 11) is 6.53. The Labute approximate surface area is 119 Å². The fourth-order valence-corrected chi connectivity index (χ4v) is 3.06. The minimum Gasteiger partial charge on any atom is -0.329 e. The molecule has 4 nitrogen and oxygen atoms in total. The average molecular weight is 270 g/mol. The summed E-state index contributed by atoms with van der Waals surface area (Å²) in [5, 5.41) is 0. The molecule has 2 N–H and O–H groups in total. The van der Waals surface area contributed by atoms with E-state index in [1.807, 2.05) is 0 Å². The molecule has 0 spiro atoms. The van der Waals surface area contributed by atoms with Crippen molar-refractivity contribution in [3.8, 4) is 0 Å². The first-order valence-electron chi connectivity index (χ1n) is 7.71. The molecule has 1 heterocycles. The van der Waals surface area contributed by atoms with Crippen molar-refractivity contribution in [1.82, 2.24) is 14.7 Å². The van der Waals surface area contributed by atoms with E-state index in [0.29, 0.717) is 6.04 Å². The maximum atomic E-state index is 6.12. The number of nitrogens with zero attached hydrogens (tertiary/aromatic N) is 3. The second-order valence-corrected chi connectivity index (χ2v) is 6.64. The van der Waals surface area contributed by atoms with E-state index in [9.17, 15) is 0 Å². The highest BCUT2D eigenvalue weighted by Crippen LogP contribution is 2.28. The molecule has 0 amide bonds. The van der Waals surface area contributed by atoms with Gasteiger partial charge in [-0.05, 0) is 67.3 Å². The summed E-state index contributed by atoms with van der Waals surface area (Å²) in [6, 6.07) is 0.662. The van der Waals surface area contributed by atoms with Gasteiger partial charge in [-0.3, -0.25) is 4.90 Å². The molecule has 0 aliphatic carbocycles. The van der Waals surface area contributed by atoms with Gasteiger partial charge in [0.15, 0.2) is 0 Å². The van der Waals surface area contributed by atoms with E-state index < -0.39 is 0 Å². The predicted octanol–water partition coefficient (Wildman–Crippen LogP) is 1.07. The quantitative estimate of drug-likeness (QED) is 0.751. The number of piperidine rings is 1. The van der Waals surface area contributed by atoms with E-state index >= 15 is 0 Å². The van der Waals surface area contributed by atoms with Crippen LogP contribution < -0.4 is 5.73 Å². The van der Waals surface area contributed by atoms with Crippen LogP contribution in [-0.2, 0) is 0 Å². The number of likely N-dealkylation sites (tertiary alicyclic amines) is 1. The first-order valence-corrected chi connectivity index (χ1v) is 7.71. The van der Waals surface area contributed by atoms with E-state index in [0.717, 1.165) is 19.6 Å². The normalized spacial score (nSPS) is 20.7. The van der Waals surface area contributed by atoms with Crippen LogP contribution in [0.4, 0.5) is 0 Å². The van der Waals surface area contributed by atoms with Crippen LogP contribution in [0.15, 0.2) is 0 Å². The Hall–Kier alpha value is -0.160. The van der Waals surface area contributed by atoms with Crippen molar-refractivity contribution in [3.05, 3.63) is 0 Å². The largest absolute Gasteiger partial charge is 0.329 e. The first-order chi connectivity index (χ1) is 8.91. The maximum Gasteiger partial charge on any atom is 0.0353 e. The maximum absolute atomic E-state index is 6.12. The summed E-state index contributed by atoms with van der Waals surface area (Å²) in [6.07, 6.45) is 3.64. The Morgan fingerprint density at radius 3 is 2.11 bits per heavy atom. The molecule has 0 unspecified atom stereocenters. The van der Waals surface area contributed by atoms with Crippen LogP contribution in [0, 0.1) is 0 Å². The summed E-state index contributed by atoms with van der Waals surface area (Å²) < 4.78 is 0. The smallest absolute Gasteiger partial charge is 0.0353 e. The third-order valence-corrected chi connectivity index (χ3v) is 4.75. The highest BCUT2D eigenvalue weighted by atomic mass is 15.2. The van der Waals surface area contributed by atoms with Gasteiger partial charge in [-0.2, -0.15) is 0 Å². The number of nitrogens with two attached hydrogens (primary N) is 1. The molecule has 19 heavy (non-hydrogen) atoms. The minimum atomic E-state index is 0.234. The number of hydrogen-bond donors (Lipinski definition) is 1. The SMILES string of the molecule is CC(C)N1CCC(CN)(N(C)CCCN(C)C)CC1. The highest BCUT2D eigenvalue weighted by Gasteiger charge is 2.37. The number of rotatable bonds is 7. The monoisotopic (exact) mass is 270 g/mol. The third kappa shape index (κ3) is 4.71. The topological polar surface area (TPSA) is 35.7 Å². The fourth-order valence-electron chi connectivity index (χ4n) is 3.06. The summed E-state index contributed by atoms with van der Waals surface area (Å²) in [6.45, 7) is 10.0. The van der Waals surface area contributed by atoms with E-state index in [4.69, 9.17) is 5.73 Å². The molecule has 4 heteroatoms. The summed E-state index contributed by atoms with van der Waals surface area (Å²) in [5.41, 5.74) is 6.36. The highest BCUT2D eigenvalue weighted by molar-refractivity contribution is 4.95. The van der Waals surface area contributed by atoms with Crippen LogP contribution >= 0.6 is 0 Å².